The maximum atomic E-state index is 5.45. The Morgan fingerprint density at radius 3 is 2.76 bits per heavy atom. The van der Waals surface area contributed by atoms with Crippen LogP contribution in [0.2, 0.25) is 0 Å². The zero-order valence-electron chi connectivity index (χ0n) is 11.3. The molecule has 1 saturated carbocycles. The van der Waals surface area contributed by atoms with Gasteiger partial charge in [0.2, 0.25) is 0 Å². The minimum atomic E-state index is 0.625. The predicted octanol–water partition coefficient (Wildman–Crippen LogP) is 2.02. The van der Waals surface area contributed by atoms with Crippen LogP contribution in [-0.2, 0) is 4.74 Å². The van der Waals surface area contributed by atoms with Crippen LogP contribution in [0.1, 0.15) is 45.4 Å². The highest BCUT2D eigenvalue weighted by Gasteiger charge is 2.19. The van der Waals surface area contributed by atoms with Gasteiger partial charge >= 0.3 is 0 Å². The smallest absolute Gasteiger partial charge is 0.0619 e. The van der Waals surface area contributed by atoms with E-state index >= 15 is 0 Å². The van der Waals surface area contributed by atoms with Crippen molar-refractivity contribution < 1.29 is 4.74 Å². The fourth-order valence-electron chi connectivity index (χ4n) is 2.48. The Hall–Kier alpha value is -0.120. The van der Waals surface area contributed by atoms with E-state index in [9.17, 15) is 0 Å². The van der Waals surface area contributed by atoms with Crippen LogP contribution in [-0.4, -0.2) is 49.8 Å². The Labute approximate surface area is 106 Å². The molecule has 2 fully saturated rings. The van der Waals surface area contributed by atoms with Crippen molar-refractivity contribution in [2.75, 3.05) is 32.8 Å². The van der Waals surface area contributed by atoms with Crippen molar-refractivity contribution in [1.82, 2.24) is 10.2 Å². The van der Waals surface area contributed by atoms with Crippen molar-refractivity contribution in [2.24, 2.45) is 0 Å². The normalized spacial score (nSPS) is 26.3. The number of ether oxygens (including phenoxy) is 1. The van der Waals surface area contributed by atoms with Gasteiger partial charge in [0.15, 0.2) is 0 Å². The van der Waals surface area contributed by atoms with E-state index in [1.807, 2.05) is 0 Å². The second-order valence-corrected chi connectivity index (χ2v) is 5.60. The molecule has 0 aromatic rings. The number of nitrogens with one attached hydrogen (secondary N) is 1. The summed E-state index contributed by atoms with van der Waals surface area (Å²) in [4.78, 5) is 2.58. The highest BCUT2D eigenvalue weighted by molar-refractivity contribution is 4.80. The van der Waals surface area contributed by atoms with Crippen molar-refractivity contribution >= 4 is 0 Å². The third kappa shape index (κ3) is 5.36. The molecular formula is C14H28N2O. The Kier molecular flexibility index (Phi) is 5.75. The van der Waals surface area contributed by atoms with Gasteiger partial charge in [0.05, 0.1) is 13.2 Å². The number of rotatable bonds is 8. The maximum Gasteiger partial charge on any atom is 0.0619 e. The molecule has 3 heteroatoms. The van der Waals surface area contributed by atoms with Gasteiger partial charge in [-0.1, -0.05) is 12.8 Å². The molecule has 1 saturated heterocycles. The predicted molar refractivity (Wildman–Crippen MR) is 71.3 cm³/mol. The summed E-state index contributed by atoms with van der Waals surface area (Å²) in [6.07, 6.45) is 8.31. The fourth-order valence-corrected chi connectivity index (χ4v) is 2.48. The molecule has 100 valence electrons. The fraction of sp³-hybridized carbons (Fsp3) is 1.00. The van der Waals surface area contributed by atoms with Crippen molar-refractivity contribution in [3.8, 4) is 0 Å². The van der Waals surface area contributed by atoms with E-state index in [2.05, 4.69) is 17.1 Å². The van der Waals surface area contributed by atoms with Crippen LogP contribution in [0.5, 0.6) is 0 Å². The highest BCUT2D eigenvalue weighted by atomic mass is 16.5. The molecular weight excluding hydrogens is 212 g/mol. The second-order valence-electron chi connectivity index (χ2n) is 5.60. The molecule has 1 unspecified atom stereocenters. The molecule has 3 nitrogen and oxygen atoms in total. The van der Waals surface area contributed by atoms with E-state index in [0.29, 0.717) is 6.04 Å². The molecule has 1 aliphatic carbocycles. The van der Waals surface area contributed by atoms with Crippen molar-refractivity contribution in [3.05, 3.63) is 0 Å². The Balaban J connectivity index is 1.39. The van der Waals surface area contributed by atoms with Gasteiger partial charge in [-0.05, 0) is 45.7 Å². The lowest BCUT2D eigenvalue weighted by molar-refractivity contribution is -0.000914. The molecule has 1 aliphatic heterocycles. The number of hydrogen-bond acceptors (Lipinski definition) is 3. The van der Waals surface area contributed by atoms with Gasteiger partial charge in [0.1, 0.15) is 0 Å². The van der Waals surface area contributed by atoms with Crippen molar-refractivity contribution in [3.63, 3.8) is 0 Å². The first kappa shape index (κ1) is 13.3. The van der Waals surface area contributed by atoms with E-state index in [1.165, 1.54) is 51.6 Å². The van der Waals surface area contributed by atoms with Crippen LogP contribution in [0, 0.1) is 0 Å². The first-order valence-electron chi connectivity index (χ1n) is 7.41. The van der Waals surface area contributed by atoms with E-state index in [-0.39, 0.29) is 0 Å². The lowest BCUT2D eigenvalue weighted by atomic mass is 10.1. The van der Waals surface area contributed by atoms with E-state index in [0.717, 1.165) is 25.8 Å². The molecule has 0 bridgehead atoms. The van der Waals surface area contributed by atoms with Crippen LogP contribution >= 0.6 is 0 Å². The highest BCUT2D eigenvalue weighted by Crippen LogP contribution is 2.18. The van der Waals surface area contributed by atoms with Crippen LogP contribution in [0.25, 0.3) is 0 Å². The van der Waals surface area contributed by atoms with Gasteiger partial charge < -0.3 is 10.1 Å². The van der Waals surface area contributed by atoms with E-state index < -0.39 is 0 Å². The summed E-state index contributed by atoms with van der Waals surface area (Å²) < 4.78 is 5.45. The van der Waals surface area contributed by atoms with Crippen molar-refractivity contribution in [1.29, 1.82) is 0 Å². The van der Waals surface area contributed by atoms with Gasteiger partial charge in [-0.3, -0.25) is 4.90 Å². The van der Waals surface area contributed by atoms with E-state index in [4.69, 9.17) is 4.74 Å². The Morgan fingerprint density at radius 1 is 1.18 bits per heavy atom. The summed E-state index contributed by atoms with van der Waals surface area (Å²) in [5.41, 5.74) is 0. The molecule has 0 amide bonds. The third-order valence-electron chi connectivity index (χ3n) is 3.89. The molecule has 1 atom stereocenters. The molecule has 0 spiro atoms. The van der Waals surface area contributed by atoms with Gasteiger partial charge in [-0.25, -0.2) is 0 Å². The quantitative estimate of drug-likeness (QED) is 0.657. The van der Waals surface area contributed by atoms with E-state index in [1.54, 1.807) is 0 Å². The molecule has 2 rings (SSSR count). The van der Waals surface area contributed by atoms with Gasteiger partial charge in [0.25, 0.3) is 0 Å². The van der Waals surface area contributed by atoms with Crippen LogP contribution in [0.15, 0.2) is 0 Å². The van der Waals surface area contributed by atoms with Crippen LogP contribution < -0.4 is 5.32 Å². The number of hydrogen-bond donors (Lipinski definition) is 1. The second kappa shape index (κ2) is 7.34. The number of morpholine rings is 1. The minimum Gasteiger partial charge on any atom is -0.379 e. The van der Waals surface area contributed by atoms with Crippen LogP contribution in [0.3, 0.4) is 0 Å². The first-order chi connectivity index (χ1) is 8.36. The molecule has 0 aromatic carbocycles. The molecule has 1 N–H and O–H groups in total. The number of nitrogens with zero attached hydrogens (tertiary/aromatic N) is 1. The number of unbranched alkanes of at least 4 members (excludes halogenated alkanes) is 3. The zero-order valence-corrected chi connectivity index (χ0v) is 11.3. The summed E-state index contributed by atoms with van der Waals surface area (Å²) in [6.45, 7) is 7.75. The summed E-state index contributed by atoms with van der Waals surface area (Å²) in [5.74, 6) is 0. The van der Waals surface area contributed by atoms with Gasteiger partial charge in [-0.15, -0.1) is 0 Å². The average Bonchev–Trinajstić information content (AvgIpc) is 3.14. The molecule has 0 radical (unpaired) electrons. The standard InChI is InChI=1S/C14H28N2O/c1-13-12-17-11-10-16(13)9-5-3-2-4-8-15-14-6-7-14/h13-15H,2-12H2,1H3. The summed E-state index contributed by atoms with van der Waals surface area (Å²) in [6, 6.07) is 1.50. The van der Waals surface area contributed by atoms with Crippen LogP contribution in [0.4, 0.5) is 0 Å². The zero-order chi connectivity index (χ0) is 11.9. The SMILES string of the molecule is CC1COCCN1CCCCCCNC1CC1. The summed E-state index contributed by atoms with van der Waals surface area (Å²) in [7, 11) is 0. The lowest BCUT2D eigenvalue weighted by Gasteiger charge is -2.33. The summed E-state index contributed by atoms with van der Waals surface area (Å²) >= 11 is 0. The monoisotopic (exact) mass is 240 g/mol. The Bertz CT molecular complexity index is 206. The Morgan fingerprint density at radius 2 is 2.00 bits per heavy atom. The van der Waals surface area contributed by atoms with Crippen molar-refractivity contribution in [2.45, 2.75) is 57.5 Å². The topological polar surface area (TPSA) is 24.5 Å². The molecule has 0 aromatic heterocycles. The largest absolute Gasteiger partial charge is 0.379 e. The molecule has 1 heterocycles. The summed E-state index contributed by atoms with van der Waals surface area (Å²) in [5, 5.41) is 3.58. The minimum absolute atomic E-state index is 0.625. The molecule has 2 aliphatic rings. The first-order valence-corrected chi connectivity index (χ1v) is 7.41. The maximum absolute atomic E-state index is 5.45. The third-order valence-corrected chi connectivity index (χ3v) is 3.89. The average molecular weight is 240 g/mol. The van der Waals surface area contributed by atoms with Gasteiger partial charge in [-0.2, -0.15) is 0 Å². The lowest BCUT2D eigenvalue weighted by Crippen LogP contribution is -2.43. The van der Waals surface area contributed by atoms with Gasteiger partial charge in [0, 0.05) is 18.6 Å². The molecule has 17 heavy (non-hydrogen) atoms.